The van der Waals surface area contributed by atoms with Crippen LogP contribution < -0.4 is 0 Å². The molecule has 0 radical (unpaired) electrons. The van der Waals surface area contributed by atoms with Gasteiger partial charge in [-0.1, -0.05) is 30.3 Å². The van der Waals surface area contributed by atoms with E-state index in [1.807, 2.05) is 51.1 Å². The molecule has 0 aliphatic carbocycles. The summed E-state index contributed by atoms with van der Waals surface area (Å²) in [5, 5.41) is 0. The summed E-state index contributed by atoms with van der Waals surface area (Å²) in [7, 11) is 0. The largest absolute Gasteiger partial charge is 0.444 e. The highest BCUT2D eigenvalue weighted by Gasteiger charge is 2.38. The van der Waals surface area contributed by atoms with Gasteiger partial charge in [0.15, 0.2) is 5.78 Å². The van der Waals surface area contributed by atoms with Gasteiger partial charge in [-0.2, -0.15) is 0 Å². The number of ketones is 1. The van der Waals surface area contributed by atoms with Crippen LogP contribution in [-0.2, 0) is 9.53 Å². The highest BCUT2D eigenvalue weighted by atomic mass is 16.6. The van der Waals surface area contributed by atoms with E-state index in [0.717, 1.165) is 5.56 Å². The van der Waals surface area contributed by atoms with Crippen molar-refractivity contribution < 1.29 is 14.3 Å². The van der Waals surface area contributed by atoms with Crippen molar-refractivity contribution in [1.82, 2.24) is 4.90 Å². The van der Waals surface area contributed by atoms with Crippen molar-refractivity contribution in [2.75, 3.05) is 6.54 Å². The molecule has 0 aromatic heterocycles. The van der Waals surface area contributed by atoms with Crippen LogP contribution in [0.25, 0.3) is 0 Å². The molecule has 102 valence electrons. The quantitative estimate of drug-likeness (QED) is 0.780. The van der Waals surface area contributed by atoms with Crippen LogP contribution in [0, 0.1) is 0 Å². The maximum atomic E-state index is 12.1. The lowest BCUT2D eigenvalue weighted by Crippen LogP contribution is -2.37. The number of rotatable bonds is 1. The van der Waals surface area contributed by atoms with Crippen molar-refractivity contribution in [1.29, 1.82) is 0 Å². The average Bonchev–Trinajstić information content (AvgIpc) is 2.70. The molecular formula is C15H19NO3. The molecule has 0 saturated carbocycles. The van der Waals surface area contributed by atoms with E-state index >= 15 is 0 Å². The van der Waals surface area contributed by atoms with Gasteiger partial charge in [0, 0.05) is 13.0 Å². The second kappa shape index (κ2) is 5.03. The first-order valence-corrected chi connectivity index (χ1v) is 6.46. The van der Waals surface area contributed by atoms with Crippen molar-refractivity contribution in [3.8, 4) is 0 Å². The molecule has 1 aliphatic heterocycles. The Hall–Kier alpha value is -1.84. The van der Waals surface area contributed by atoms with Crippen LogP contribution in [-0.4, -0.2) is 28.9 Å². The van der Waals surface area contributed by atoms with Gasteiger partial charge in [-0.25, -0.2) is 4.79 Å². The Morgan fingerprint density at radius 3 is 2.47 bits per heavy atom. The van der Waals surface area contributed by atoms with Crippen LogP contribution >= 0.6 is 0 Å². The minimum Gasteiger partial charge on any atom is -0.444 e. The average molecular weight is 261 g/mol. The Kier molecular flexibility index (Phi) is 3.60. The molecule has 0 spiro atoms. The highest BCUT2D eigenvalue weighted by molar-refractivity contribution is 5.91. The van der Waals surface area contributed by atoms with E-state index in [-0.39, 0.29) is 5.78 Å². The number of ether oxygens (including phenoxy) is 1. The van der Waals surface area contributed by atoms with Crippen LogP contribution in [0.5, 0.6) is 0 Å². The van der Waals surface area contributed by atoms with Crippen molar-refractivity contribution in [2.45, 2.75) is 38.8 Å². The molecular weight excluding hydrogens is 242 g/mol. The van der Waals surface area contributed by atoms with Crippen LogP contribution in [0.4, 0.5) is 4.79 Å². The zero-order valence-electron chi connectivity index (χ0n) is 11.6. The fourth-order valence-electron chi connectivity index (χ4n) is 2.19. The molecule has 0 bridgehead atoms. The highest BCUT2D eigenvalue weighted by Crippen LogP contribution is 2.30. The standard InChI is InChI=1S/C15H19NO3/c1-15(2,3)19-14(18)16-10-9-12(17)13(16)11-7-5-4-6-8-11/h4-8,13H,9-10H2,1-3H3/t13-/m1/s1. The number of amides is 1. The van der Waals surface area contributed by atoms with Gasteiger partial charge < -0.3 is 4.74 Å². The number of likely N-dealkylation sites (tertiary alicyclic amines) is 1. The number of Topliss-reactive ketones (excluding diaryl/α,β-unsaturated/α-hetero) is 1. The minimum absolute atomic E-state index is 0.0667. The predicted octanol–water partition coefficient (Wildman–Crippen LogP) is 2.94. The molecule has 1 fully saturated rings. The molecule has 19 heavy (non-hydrogen) atoms. The molecule has 1 amide bonds. The summed E-state index contributed by atoms with van der Waals surface area (Å²) < 4.78 is 5.36. The topological polar surface area (TPSA) is 46.6 Å². The molecule has 1 aromatic carbocycles. The third-order valence-electron chi connectivity index (χ3n) is 2.96. The van der Waals surface area contributed by atoms with Crippen LogP contribution in [0.3, 0.4) is 0 Å². The number of carbonyl (C=O) groups is 2. The molecule has 0 N–H and O–H groups in total. The summed E-state index contributed by atoms with van der Waals surface area (Å²) in [4.78, 5) is 25.7. The lowest BCUT2D eigenvalue weighted by atomic mass is 10.0. The van der Waals surface area contributed by atoms with Crippen LogP contribution in [0.15, 0.2) is 30.3 Å². The van der Waals surface area contributed by atoms with Gasteiger partial charge in [0.05, 0.1) is 0 Å². The van der Waals surface area contributed by atoms with Crippen LogP contribution in [0.2, 0.25) is 0 Å². The summed E-state index contributed by atoms with van der Waals surface area (Å²) in [5.41, 5.74) is 0.292. The van der Waals surface area contributed by atoms with Crippen LogP contribution in [0.1, 0.15) is 38.8 Å². The summed E-state index contributed by atoms with van der Waals surface area (Å²) in [6.45, 7) is 5.88. The number of nitrogens with zero attached hydrogens (tertiary/aromatic N) is 1. The van der Waals surface area contributed by atoms with Crippen molar-refractivity contribution in [3.63, 3.8) is 0 Å². The number of benzene rings is 1. The summed E-state index contributed by atoms with van der Waals surface area (Å²) in [6, 6.07) is 8.86. The van der Waals surface area contributed by atoms with E-state index in [1.165, 1.54) is 4.90 Å². The maximum absolute atomic E-state index is 12.1. The van der Waals surface area contributed by atoms with E-state index in [9.17, 15) is 9.59 Å². The van der Waals surface area contributed by atoms with Gasteiger partial charge >= 0.3 is 6.09 Å². The Labute approximate surface area is 113 Å². The predicted molar refractivity (Wildman–Crippen MR) is 71.7 cm³/mol. The number of carbonyl (C=O) groups excluding carboxylic acids is 2. The molecule has 1 atom stereocenters. The SMILES string of the molecule is CC(C)(C)OC(=O)N1CCC(=O)[C@H]1c1ccccc1. The van der Waals surface area contributed by atoms with E-state index in [2.05, 4.69) is 0 Å². The van der Waals surface area contributed by atoms with E-state index in [4.69, 9.17) is 4.74 Å². The van der Waals surface area contributed by atoms with Gasteiger partial charge in [-0.15, -0.1) is 0 Å². The molecule has 1 aliphatic rings. The first kappa shape index (κ1) is 13.6. The fraction of sp³-hybridized carbons (Fsp3) is 0.467. The third-order valence-corrected chi connectivity index (χ3v) is 2.96. The molecule has 4 heteroatoms. The van der Waals surface area contributed by atoms with E-state index in [0.29, 0.717) is 13.0 Å². The lowest BCUT2D eigenvalue weighted by molar-refractivity contribution is -0.120. The fourth-order valence-corrected chi connectivity index (χ4v) is 2.19. The summed E-state index contributed by atoms with van der Waals surface area (Å²) >= 11 is 0. The molecule has 4 nitrogen and oxygen atoms in total. The maximum Gasteiger partial charge on any atom is 0.411 e. The van der Waals surface area contributed by atoms with Crippen molar-refractivity contribution >= 4 is 11.9 Å². The Bertz CT molecular complexity index is 476. The lowest BCUT2D eigenvalue weighted by Gasteiger charge is -2.28. The van der Waals surface area contributed by atoms with Gasteiger partial charge in [0.25, 0.3) is 0 Å². The smallest absolute Gasteiger partial charge is 0.411 e. The zero-order chi connectivity index (χ0) is 14.0. The first-order chi connectivity index (χ1) is 8.88. The van der Waals surface area contributed by atoms with Gasteiger partial charge in [-0.05, 0) is 26.3 Å². The van der Waals surface area contributed by atoms with Gasteiger partial charge in [0.1, 0.15) is 11.6 Å². The monoisotopic (exact) mass is 261 g/mol. The number of hydrogen-bond acceptors (Lipinski definition) is 3. The third kappa shape index (κ3) is 3.13. The zero-order valence-corrected chi connectivity index (χ0v) is 11.6. The normalized spacial score (nSPS) is 19.6. The van der Waals surface area contributed by atoms with E-state index in [1.54, 1.807) is 0 Å². The number of hydrogen-bond donors (Lipinski definition) is 0. The molecule has 0 unspecified atom stereocenters. The second-order valence-electron chi connectivity index (χ2n) is 5.70. The molecule has 2 rings (SSSR count). The Balaban J connectivity index is 2.21. The molecule has 1 saturated heterocycles. The van der Waals surface area contributed by atoms with Gasteiger partial charge in [-0.3, -0.25) is 9.69 Å². The Morgan fingerprint density at radius 1 is 1.26 bits per heavy atom. The van der Waals surface area contributed by atoms with E-state index < -0.39 is 17.7 Å². The molecule has 1 heterocycles. The van der Waals surface area contributed by atoms with Crippen molar-refractivity contribution in [3.05, 3.63) is 35.9 Å². The van der Waals surface area contributed by atoms with Gasteiger partial charge in [0.2, 0.25) is 0 Å². The molecule has 1 aromatic rings. The Morgan fingerprint density at radius 2 is 1.89 bits per heavy atom. The first-order valence-electron chi connectivity index (χ1n) is 6.46. The minimum atomic E-state index is -0.552. The summed E-state index contributed by atoms with van der Waals surface area (Å²) in [5.74, 6) is 0.0667. The van der Waals surface area contributed by atoms with Crippen molar-refractivity contribution in [2.24, 2.45) is 0 Å². The summed E-state index contributed by atoms with van der Waals surface area (Å²) in [6.07, 6.45) is -0.0362. The second-order valence-corrected chi connectivity index (χ2v) is 5.70.